The van der Waals surface area contributed by atoms with Gasteiger partial charge in [-0.15, -0.1) is 12.4 Å². The molecule has 50 heavy (non-hydrogen) atoms. The molecule has 10 nitrogen and oxygen atoms in total. The number of rotatable bonds is 8. The van der Waals surface area contributed by atoms with E-state index < -0.39 is 17.5 Å². The zero-order valence-electron chi connectivity index (χ0n) is 29.3. The zero-order chi connectivity index (χ0) is 35.5. The van der Waals surface area contributed by atoms with E-state index in [4.69, 9.17) is 32.9 Å². The molecule has 1 saturated heterocycles. The van der Waals surface area contributed by atoms with Crippen molar-refractivity contribution < 1.29 is 19.1 Å². The lowest BCUT2D eigenvalue weighted by molar-refractivity contribution is -0.130. The molecule has 268 valence electrons. The van der Waals surface area contributed by atoms with E-state index in [1.807, 2.05) is 87.2 Å². The zero-order valence-corrected chi connectivity index (χ0v) is 31.6. The number of carbonyl (C=O) groups is 3. The van der Waals surface area contributed by atoms with Crippen molar-refractivity contribution in [1.82, 2.24) is 19.6 Å². The maximum absolute atomic E-state index is 14.8. The molecule has 0 aliphatic carbocycles. The molecule has 0 bridgehead atoms. The number of ether oxygens (including phenoxy) is 1. The molecule has 0 unspecified atom stereocenters. The normalized spacial score (nSPS) is 17.9. The van der Waals surface area contributed by atoms with E-state index in [0.717, 1.165) is 11.1 Å². The van der Waals surface area contributed by atoms with Crippen molar-refractivity contribution in [2.75, 3.05) is 58.7 Å². The summed E-state index contributed by atoms with van der Waals surface area (Å²) in [7, 11) is 3.48. The predicted octanol–water partition coefficient (Wildman–Crippen LogP) is 7.17. The number of piperazine rings is 1. The molecule has 1 fully saturated rings. The van der Waals surface area contributed by atoms with Crippen LogP contribution in [0.3, 0.4) is 0 Å². The summed E-state index contributed by atoms with van der Waals surface area (Å²) in [5, 5.41) is 4.16. The van der Waals surface area contributed by atoms with Gasteiger partial charge in [-0.3, -0.25) is 24.4 Å². The predicted molar refractivity (Wildman–Crippen MR) is 202 cm³/mol. The Kier molecular flexibility index (Phi) is 12.8. The Bertz CT molecular complexity index is 1700. The smallest absolute Gasteiger partial charge is 0.326 e. The van der Waals surface area contributed by atoms with Crippen LogP contribution < -0.4 is 10.1 Å². The number of aliphatic imine (C=N–C) groups is 1. The fraction of sp³-hybridized carbons (Fsp3) is 0.405. The molecule has 2 heterocycles. The lowest BCUT2D eigenvalue weighted by atomic mass is 9.93. The van der Waals surface area contributed by atoms with E-state index >= 15 is 0 Å². The van der Waals surface area contributed by atoms with Gasteiger partial charge in [0, 0.05) is 67.5 Å². The largest absolute Gasteiger partial charge is 0.493 e. The van der Waals surface area contributed by atoms with E-state index in [1.165, 1.54) is 0 Å². The third-order valence-corrected chi connectivity index (χ3v) is 9.16. The summed E-state index contributed by atoms with van der Waals surface area (Å²) in [6.45, 7) is 10.1. The van der Waals surface area contributed by atoms with E-state index in [2.05, 4.69) is 10.2 Å². The Balaban J connectivity index is 0.00000562. The van der Waals surface area contributed by atoms with Crippen molar-refractivity contribution in [3.63, 3.8) is 0 Å². The number of likely N-dealkylation sites (N-methyl/N-ethyl adjacent to an activating group) is 1. The van der Waals surface area contributed by atoms with Crippen LogP contribution in [0.15, 0.2) is 71.7 Å². The number of nitrogens with one attached hydrogen (secondary N) is 1. The Hall–Kier alpha value is -3.83. The Morgan fingerprint density at radius 1 is 0.900 bits per heavy atom. The number of nitrogens with zero attached hydrogens (tertiary/aromatic N) is 5. The number of urea groups is 1. The number of amides is 4. The van der Waals surface area contributed by atoms with Crippen molar-refractivity contribution in [2.45, 2.75) is 39.8 Å². The maximum Gasteiger partial charge on any atom is 0.326 e. The van der Waals surface area contributed by atoms with E-state index in [1.54, 1.807) is 36.0 Å². The first-order chi connectivity index (χ1) is 23.3. The highest BCUT2D eigenvalue weighted by Crippen LogP contribution is 2.46. The molecular formula is C37H45Cl3N6O4. The van der Waals surface area contributed by atoms with Gasteiger partial charge in [-0.2, -0.15) is 0 Å². The quantitative estimate of drug-likeness (QED) is 0.264. The molecule has 0 aromatic heterocycles. The van der Waals surface area contributed by atoms with Crippen LogP contribution in [0.5, 0.6) is 5.75 Å². The second-order valence-electron chi connectivity index (χ2n) is 13.5. The summed E-state index contributed by atoms with van der Waals surface area (Å²) in [5.74, 6) is 0.833. The van der Waals surface area contributed by atoms with Crippen LogP contribution in [0, 0.1) is 5.41 Å². The number of benzene rings is 3. The number of amidine groups is 1. The topological polar surface area (TPSA) is 97.8 Å². The average molecular weight is 744 g/mol. The highest BCUT2D eigenvalue weighted by atomic mass is 35.5. The van der Waals surface area contributed by atoms with Crippen molar-refractivity contribution >= 4 is 65.0 Å². The van der Waals surface area contributed by atoms with Crippen LogP contribution in [0.2, 0.25) is 10.0 Å². The summed E-state index contributed by atoms with van der Waals surface area (Å²) in [6.07, 6.45) is 0. The average Bonchev–Trinajstić information content (AvgIpc) is 3.45. The van der Waals surface area contributed by atoms with Gasteiger partial charge in [-0.1, -0.05) is 68.2 Å². The summed E-state index contributed by atoms with van der Waals surface area (Å²) in [6, 6.07) is 19.2. The van der Waals surface area contributed by atoms with Crippen LogP contribution in [-0.4, -0.2) is 96.7 Å². The van der Waals surface area contributed by atoms with Gasteiger partial charge < -0.3 is 19.9 Å². The molecular weight excluding hydrogens is 699 g/mol. The van der Waals surface area contributed by atoms with Gasteiger partial charge >= 0.3 is 6.03 Å². The summed E-state index contributed by atoms with van der Waals surface area (Å²) in [4.78, 5) is 52.6. The molecule has 0 saturated carbocycles. The number of anilines is 1. The van der Waals surface area contributed by atoms with E-state index in [0.29, 0.717) is 72.2 Å². The Morgan fingerprint density at radius 3 is 2.02 bits per heavy atom. The second kappa shape index (κ2) is 16.5. The third-order valence-electron chi connectivity index (χ3n) is 8.66. The number of carbonyl (C=O) groups excluding carboxylic acids is 3. The van der Waals surface area contributed by atoms with Crippen molar-refractivity contribution in [1.29, 1.82) is 0 Å². The van der Waals surface area contributed by atoms with Gasteiger partial charge in [0.2, 0.25) is 11.8 Å². The Labute approximate surface area is 310 Å². The van der Waals surface area contributed by atoms with Crippen molar-refractivity contribution in [2.24, 2.45) is 10.4 Å². The van der Waals surface area contributed by atoms with Crippen LogP contribution in [0.25, 0.3) is 0 Å². The molecule has 0 spiro atoms. The third kappa shape index (κ3) is 8.90. The van der Waals surface area contributed by atoms with Gasteiger partial charge in [0.05, 0.1) is 24.8 Å². The maximum atomic E-state index is 14.8. The molecule has 2 aliphatic heterocycles. The molecule has 3 aromatic carbocycles. The van der Waals surface area contributed by atoms with Gasteiger partial charge in [-0.05, 0) is 54.4 Å². The van der Waals surface area contributed by atoms with Gasteiger partial charge in [0.25, 0.3) is 0 Å². The molecule has 2 atom stereocenters. The summed E-state index contributed by atoms with van der Waals surface area (Å²) < 4.78 is 6.15. The minimum Gasteiger partial charge on any atom is -0.493 e. The molecule has 1 N–H and O–H groups in total. The summed E-state index contributed by atoms with van der Waals surface area (Å²) >= 11 is 12.6. The first kappa shape index (κ1) is 39.0. The minimum atomic E-state index is -0.593. The lowest BCUT2D eigenvalue weighted by Gasteiger charge is -2.39. The van der Waals surface area contributed by atoms with Crippen LogP contribution in [0.1, 0.15) is 56.5 Å². The lowest BCUT2D eigenvalue weighted by Crippen LogP contribution is -2.55. The van der Waals surface area contributed by atoms with Gasteiger partial charge in [-0.25, -0.2) is 4.79 Å². The van der Waals surface area contributed by atoms with Gasteiger partial charge in [0.15, 0.2) is 0 Å². The highest BCUT2D eigenvalue weighted by Gasteiger charge is 2.45. The standard InChI is InChI=1S/C37H44Cl2N6O4.ClH/c1-7-49-30-22-28(40-35(47)37(2,3)4)16-17-29(30)34-41-32(24-8-12-26(38)13-9-24)33(25-10-14-27(39)15-11-25)45(34)36(48)44-20-18-43(19-21-44)23-31(46)42(5)6;/h8-17,22,32-33H,7,18-21,23H2,1-6H3,(H,40,47);1H/t32-,33+;/m0./s1. The van der Waals surface area contributed by atoms with Crippen molar-refractivity contribution in [3.8, 4) is 5.75 Å². The molecule has 0 radical (unpaired) electrons. The molecule has 4 amide bonds. The van der Waals surface area contributed by atoms with Crippen molar-refractivity contribution in [3.05, 3.63) is 93.5 Å². The Morgan fingerprint density at radius 2 is 1.48 bits per heavy atom. The monoisotopic (exact) mass is 742 g/mol. The van der Waals surface area contributed by atoms with E-state index in [-0.39, 0.29) is 30.3 Å². The fourth-order valence-corrected chi connectivity index (χ4v) is 6.07. The fourth-order valence-electron chi connectivity index (χ4n) is 5.82. The van der Waals surface area contributed by atoms with Crippen LogP contribution >= 0.6 is 35.6 Å². The number of hydrogen-bond acceptors (Lipinski definition) is 6. The van der Waals surface area contributed by atoms with Crippen LogP contribution in [0.4, 0.5) is 10.5 Å². The number of halogens is 3. The summed E-state index contributed by atoms with van der Waals surface area (Å²) in [5.41, 5.74) is 2.35. The first-order valence-electron chi connectivity index (χ1n) is 16.4. The molecule has 5 rings (SSSR count). The molecule has 2 aliphatic rings. The highest BCUT2D eigenvalue weighted by molar-refractivity contribution is 6.30. The van der Waals surface area contributed by atoms with Gasteiger partial charge in [0.1, 0.15) is 17.6 Å². The SMILES string of the molecule is CCOc1cc(NC(=O)C(C)(C)C)ccc1C1=N[C@@H](c2ccc(Cl)cc2)[C@@H](c2ccc(Cl)cc2)N1C(=O)N1CCN(CC(=O)N(C)C)CC1.Cl. The molecule has 3 aromatic rings. The molecule has 13 heteroatoms. The van der Waals surface area contributed by atoms with Crippen LogP contribution in [-0.2, 0) is 9.59 Å². The second-order valence-corrected chi connectivity index (χ2v) is 14.4. The minimum absolute atomic E-state index is 0. The first-order valence-corrected chi connectivity index (χ1v) is 17.2. The number of hydrogen-bond donors (Lipinski definition) is 1. The van der Waals surface area contributed by atoms with E-state index in [9.17, 15) is 14.4 Å².